The fraction of sp³-hybridized carbons (Fsp3) is 0.750. The van der Waals surface area contributed by atoms with Crippen molar-refractivity contribution in [3.63, 3.8) is 0 Å². The molecule has 0 unspecified atom stereocenters. The van der Waals surface area contributed by atoms with Crippen LogP contribution in [-0.2, 0) is 0 Å². The Hall–Kier alpha value is -0.460. The Morgan fingerprint density at radius 3 is 2.46 bits per heavy atom. The van der Waals surface area contributed by atoms with Crippen LogP contribution in [0.2, 0.25) is 0 Å². The van der Waals surface area contributed by atoms with E-state index in [0.717, 1.165) is 0 Å². The molecule has 0 aromatic rings. The molecule has 76 valence electrons. The van der Waals surface area contributed by atoms with Crippen molar-refractivity contribution in [1.29, 1.82) is 0 Å². The molecule has 5 heteroatoms. The van der Waals surface area contributed by atoms with Crippen LogP contribution in [0.3, 0.4) is 0 Å². The molecule has 0 amide bonds. The van der Waals surface area contributed by atoms with Crippen molar-refractivity contribution in [2.75, 3.05) is 6.54 Å². The topological polar surface area (TPSA) is 93.0 Å². The Morgan fingerprint density at radius 2 is 1.92 bits per heavy atom. The van der Waals surface area contributed by atoms with Gasteiger partial charge in [0, 0.05) is 6.54 Å². The van der Waals surface area contributed by atoms with Crippen LogP contribution in [0.15, 0.2) is 12.7 Å². The van der Waals surface area contributed by atoms with E-state index in [1.807, 2.05) is 0 Å². The van der Waals surface area contributed by atoms with E-state index in [-0.39, 0.29) is 6.54 Å². The highest BCUT2D eigenvalue weighted by Gasteiger charge is 2.38. The highest BCUT2D eigenvalue weighted by molar-refractivity contribution is 5.00. The molecular formula is C8H15NO4. The highest BCUT2D eigenvalue weighted by Crippen LogP contribution is 2.13. The van der Waals surface area contributed by atoms with Gasteiger partial charge in [0.2, 0.25) is 0 Å². The third-order valence-electron chi connectivity index (χ3n) is 2.28. The molecule has 0 aromatic heterocycles. The molecule has 1 heterocycles. The van der Waals surface area contributed by atoms with E-state index >= 15 is 0 Å². The molecule has 5 atom stereocenters. The zero-order chi connectivity index (χ0) is 10.0. The molecule has 1 aliphatic heterocycles. The van der Waals surface area contributed by atoms with E-state index in [1.54, 1.807) is 0 Å². The van der Waals surface area contributed by atoms with Crippen LogP contribution in [0.25, 0.3) is 0 Å². The number of piperidine rings is 1. The molecule has 13 heavy (non-hydrogen) atoms. The average Bonchev–Trinajstić information content (AvgIpc) is 2.13. The van der Waals surface area contributed by atoms with Crippen LogP contribution in [0.5, 0.6) is 0 Å². The summed E-state index contributed by atoms with van der Waals surface area (Å²) in [6, 6.07) is -0.670. The number of hydrogen-bond donors (Lipinski definition) is 5. The maximum absolute atomic E-state index is 9.43. The largest absolute Gasteiger partial charge is 0.389 e. The van der Waals surface area contributed by atoms with Crippen LogP contribution in [0, 0.1) is 0 Å². The molecule has 5 nitrogen and oxygen atoms in total. The molecule has 0 aliphatic carbocycles. The number of aliphatic hydroxyl groups excluding tert-OH is 4. The van der Waals surface area contributed by atoms with Crippen LogP contribution in [0.4, 0.5) is 0 Å². The molecule has 1 aliphatic rings. The van der Waals surface area contributed by atoms with Crippen LogP contribution >= 0.6 is 0 Å². The maximum Gasteiger partial charge on any atom is 0.109 e. The van der Waals surface area contributed by atoms with Gasteiger partial charge in [0.25, 0.3) is 0 Å². The minimum Gasteiger partial charge on any atom is -0.389 e. The predicted molar refractivity (Wildman–Crippen MR) is 46.0 cm³/mol. The summed E-state index contributed by atoms with van der Waals surface area (Å²) in [5.74, 6) is 0. The normalized spacial score (nSPS) is 42.8. The van der Waals surface area contributed by atoms with Gasteiger partial charge in [-0.2, -0.15) is 0 Å². The fourth-order valence-electron chi connectivity index (χ4n) is 1.41. The van der Waals surface area contributed by atoms with E-state index in [1.165, 1.54) is 6.08 Å². The number of aliphatic hydroxyl groups is 4. The second kappa shape index (κ2) is 4.17. The molecule has 0 spiro atoms. The quantitative estimate of drug-likeness (QED) is 0.312. The number of hydrogen-bond acceptors (Lipinski definition) is 5. The summed E-state index contributed by atoms with van der Waals surface area (Å²) in [5, 5.41) is 39.9. The zero-order valence-electron chi connectivity index (χ0n) is 7.17. The second-order valence-corrected chi connectivity index (χ2v) is 3.21. The summed E-state index contributed by atoms with van der Waals surface area (Å²) >= 11 is 0. The summed E-state index contributed by atoms with van der Waals surface area (Å²) < 4.78 is 0. The summed E-state index contributed by atoms with van der Waals surface area (Å²) in [6.45, 7) is 3.52. The summed E-state index contributed by atoms with van der Waals surface area (Å²) in [6.07, 6.45) is -3.07. The first kappa shape index (κ1) is 10.6. The Balaban J connectivity index is 2.63. The molecule has 1 fully saturated rings. The first-order valence-corrected chi connectivity index (χ1v) is 4.16. The minimum atomic E-state index is -1.22. The predicted octanol–water partition coefficient (Wildman–Crippen LogP) is -2.41. The third kappa shape index (κ3) is 2.07. The third-order valence-corrected chi connectivity index (χ3v) is 2.28. The van der Waals surface area contributed by atoms with Gasteiger partial charge < -0.3 is 25.7 Å². The Bertz CT molecular complexity index is 187. The standard InChI is InChI=1S/C8H15NO4/c1-2-4(10)6-8(13)7(12)5(11)3-9-6/h2,4-13H,1,3H2/t4-,5-,6+,7+,8+/m0/s1. The Labute approximate surface area is 76.3 Å². The van der Waals surface area contributed by atoms with E-state index in [0.29, 0.717) is 0 Å². The van der Waals surface area contributed by atoms with Gasteiger partial charge in [0.15, 0.2) is 0 Å². The lowest BCUT2D eigenvalue weighted by Gasteiger charge is -2.37. The zero-order valence-corrected chi connectivity index (χ0v) is 7.17. The summed E-state index contributed by atoms with van der Waals surface area (Å²) in [5.41, 5.74) is 0. The van der Waals surface area contributed by atoms with Gasteiger partial charge in [-0.25, -0.2) is 0 Å². The molecular weight excluding hydrogens is 174 g/mol. The van der Waals surface area contributed by atoms with Gasteiger partial charge in [-0.3, -0.25) is 0 Å². The minimum absolute atomic E-state index is 0.147. The molecule has 5 N–H and O–H groups in total. The fourth-order valence-corrected chi connectivity index (χ4v) is 1.41. The second-order valence-electron chi connectivity index (χ2n) is 3.21. The highest BCUT2D eigenvalue weighted by atomic mass is 16.4. The monoisotopic (exact) mass is 189 g/mol. The van der Waals surface area contributed by atoms with Crippen molar-refractivity contribution in [3.8, 4) is 0 Å². The van der Waals surface area contributed by atoms with Gasteiger partial charge in [0.05, 0.1) is 18.2 Å². The van der Waals surface area contributed by atoms with Gasteiger partial charge in [-0.1, -0.05) is 6.08 Å². The molecule has 0 bridgehead atoms. The lowest BCUT2D eigenvalue weighted by Crippen LogP contribution is -2.63. The van der Waals surface area contributed by atoms with Crippen LogP contribution in [0.1, 0.15) is 0 Å². The van der Waals surface area contributed by atoms with Crippen LogP contribution in [-0.4, -0.2) is 57.4 Å². The smallest absolute Gasteiger partial charge is 0.109 e. The van der Waals surface area contributed by atoms with Crippen molar-refractivity contribution >= 4 is 0 Å². The molecule has 0 aromatic carbocycles. The van der Waals surface area contributed by atoms with Gasteiger partial charge in [-0.15, -0.1) is 6.58 Å². The Kier molecular flexibility index (Phi) is 3.40. The van der Waals surface area contributed by atoms with Crippen molar-refractivity contribution in [3.05, 3.63) is 12.7 Å². The van der Waals surface area contributed by atoms with Crippen molar-refractivity contribution < 1.29 is 20.4 Å². The number of β-amino-alcohol motifs (C(OH)–C–C–N with tert-alkyl or cyclic N) is 1. The van der Waals surface area contributed by atoms with E-state index < -0.39 is 30.5 Å². The first-order valence-electron chi connectivity index (χ1n) is 4.16. The average molecular weight is 189 g/mol. The van der Waals surface area contributed by atoms with Crippen molar-refractivity contribution in [2.24, 2.45) is 0 Å². The van der Waals surface area contributed by atoms with E-state index in [9.17, 15) is 15.3 Å². The van der Waals surface area contributed by atoms with E-state index in [4.69, 9.17) is 5.11 Å². The maximum atomic E-state index is 9.43. The van der Waals surface area contributed by atoms with Crippen molar-refractivity contribution in [1.82, 2.24) is 5.32 Å². The number of rotatable bonds is 2. The van der Waals surface area contributed by atoms with E-state index in [2.05, 4.69) is 11.9 Å². The number of nitrogens with one attached hydrogen (secondary N) is 1. The van der Waals surface area contributed by atoms with Gasteiger partial charge in [-0.05, 0) is 0 Å². The first-order chi connectivity index (χ1) is 6.07. The lowest BCUT2D eigenvalue weighted by atomic mass is 9.92. The molecule has 1 saturated heterocycles. The van der Waals surface area contributed by atoms with Gasteiger partial charge >= 0.3 is 0 Å². The molecule has 0 radical (unpaired) electrons. The summed E-state index contributed by atoms with van der Waals surface area (Å²) in [4.78, 5) is 0. The van der Waals surface area contributed by atoms with Gasteiger partial charge in [0.1, 0.15) is 12.2 Å². The van der Waals surface area contributed by atoms with Crippen LogP contribution < -0.4 is 5.32 Å². The SMILES string of the molecule is C=C[C@H](O)[C@H]1NC[C@H](O)[C@@H](O)[C@@H]1O. The molecule has 0 saturated carbocycles. The molecule has 1 rings (SSSR count). The van der Waals surface area contributed by atoms with Crippen molar-refractivity contribution in [2.45, 2.75) is 30.5 Å². The Morgan fingerprint density at radius 1 is 1.31 bits per heavy atom. The lowest BCUT2D eigenvalue weighted by molar-refractivity contribution is -0.108. The summed E-state index contributed by atoms with van der Waals surface area (Å²) in [7, 11) is 0.